The van der Waals surface area contributed by atoms with Crippen molar-refractivity contribution in [3.05, 3.63) is 12.0 Å². The van der Waals surface area contributed by atoms with E-state index in [1.54, 1.807) is 24.9 Å². The molecule has 3 N–H and O–H groups in total. The van der Waals surface area contributed by atoms with E-state index >= 15 is 0 Å². The number of rotatable bonds is 1. The molecule has 0 aliphatic heterocycles. The van der Waals surface area contributed by atoms with Crippen molar-refractivity contribution in [1.29, 1.82) is 0 Å². The third-order valence-electron chi connectivity index (χ3n) is 1.33. The predicted octanol–water partition coefficient (Wildman–Crippen LogP) is -0.638. The van der Waals surface area contributed by atoms with Crippen LogP contribution in [0.3, 0.4) is 0 Å². The van der Waals surface area contributed by atoms with Crippen molar-refractivity contribution in [3.8, 4) is 0 Å². The zero-order valence-corrected chi connectivity index (χ0v) is 6.46. The van der Waals surface area contributed by atoms with E-state index in [9.17, 15) is 4.79 Å². The van der Waals surface area contributed by atoms with Gasteiger partial charge in [-0.15, -0.1) is 0 Å². The van der Waals surface area contributed by atoms with Gasteiger partial charge in [0.2, 0.25) is 5.82 Å². The van der Waals surface area contributed by atoms with E-state index in [1.165, 1.54) is 0 Å². The molecule has 11 heavy (non-hydrogen) atoms. The first-order valence-electron chi connectivity index (χ1n) is 3.16. The fourth-order valence-electron chi connectivity index (χ4n) is 0.812. The molecular weight excluding hydrogens is 144 g/mol. The zero-order chi connectivity index (χ0) is 8.43. The van der Waals surface area contributed by atoms with Crippen LogP contribution in [0.5, 0.6) is 0 Å². The number of nitrogens with one attached hydrogen (secondary N) is 1. The maximum Gasteiger partial charge on any atom is 0.287 e. The molecule has 0 aliphatic rings. The molecule has 0 fully saturated rings. The second-order valence-electron chi connectivity index (χ2n) is 2.18. The lowest BCUT2D eigenvalue weighted by atomic mass is 10.5. The van der Waals surface area contributed by atoms with E-state index in [2.05, 4.69) is 10.3 Å². The van der Waals surface area contributed by atoms with Crippen LogP contribution in [-0.2, 0) is 7.05 Å². The molecule has 0 radical (unpaired) electrons. The molecule has 0 unspecified atom stereocenters. The number of aromatic nitrogens is 2. The van der Waals surface area contributed by atoms with Crippen LogP contribution in [0, 0.1) is 0 Å². The lowest BCUT2D eigenvalue weighted by Gasteiger charge is -1.96. The molecule has 0 aromatic carbocycles. The minimum absolute atomic E-state index is 0.232. The fraction of sp³-hybridized carbons (Fsp3) is 0.333. The van der Waals surface area contributed by atoms with Gasteiger partial charge in [-0.2, -0.15) is 0 Å². The van der Waals surface area contributed by atoms with Gasteiger partial charge < -0.3 is 15.6 Å². The monoisotopic (exact) mass is 154 g/mol. The number of carbonyl (C=O) groups is 1. The highest BCUT2D eigenvalue weighted by molar-refractivity contribution is 5.90. The van der Waals surface area contributed by atoms with Crippen molar-refractivity contribution in [3.63, 3.8) is 0 Å². The summed E-state index contributed by atoms with van der Waals surface area (Å²) in [6, 6.07) is 0. The second-order valence-corrected chi connectivity index (χ2v) is 2.18. The van der Waals surface area contributed by atoms with E-state index in [1.807, 2.05) is 0 Å². The van der Waals surface area contributed by atoms with Gasteiger partial charge in [0.15, 0.2) is 0 Å². The number of imidazole rings is 1. The van der Waals surface area contributed by atoms with Gasteiger partial charge in [0.25, 0.3) is 5.91 Å². The smallest absolute Gasteiger partial charge is 0.287 e. The summed E-state index contributed by atoms with van der Waals surface area (Å²) in [7, 11) is 3.27. The Bertz CT molecular complexity index is 278. The molecule has 60 valence electrons. The van der Waals surface area contributed by atoms with Gasteiger partial charge in [-0.3, -0.25) is 4.79 Å². The summed E-state index contributed by atoms with van der Waals surface area (Å²) in [5, 5.41) is 2.46. The maximum atomic E-state index is 11.0. The normalized spacial score (nSPS) is 9.64. The van der Waals surface area contributed by atoms with Crippen LogP contribution in [0.4, 0.5) is 5.82 Å². The van der Waals surface area contributed by atoms with E-state index in [0.717, 1.165) is 0 Å². The van der Waals surface area contributed by atoms with Crippen molar-refractivity contribution in [2.75, 3.05) is 12.8 Å². The Kier molecular flexibility index (Phi) is 1.80. The van der Waals surface area contributed by atoms with Crippen LogP contribution in [-0.4, -0.2) is 22.5 Å². The summed E-state index contributed by atoms with van der Waals surface area (Å²) in [4.78, 5) is 14.8. The Morgan fingerprint density at radius 2 is 2.45 bits per heavy atom. The fourth-order valence-corrected chi connectivity index (χ4v) is 0.812. The summed E-state index contributed by atoms with van der Waals surface area (Å²) < 4.78 is 1.58. The number of hydrogen-bond acceptors (Lipinski definition) is 3. The van der Waals surface area contributed by atoms with Crippen LogP contribution in [0.15, 0.2) is 6.20 Å². The molecule has 0 spiro atoms. The van der Waals surface area contributed by atoms with Gasteiger partial charge in [0, 0.05) is 20.3 Å². The van der Waals surface area contributed by atoms with Crippen LogP contribution in [0.25, 0.3) is 0 Å². The molecule has 1 aromatic heterocycles. The number of hydrogen-bond donors (Lipinski definition) is 2. The highest BCUT2D eigenvalue weighted by Gasteiger charge is 2.09. The zero-order valence-electron chi connectivity index (χ0n) is 6.46. The Hall–Kier alpha value is -1.52. The van der Waals surface area contributed by atoms with Crippen LogP contribution < -0.4 is 11.1 Å². The molecule has 0 saturated carbocycles. The number of nitrogens with zero attached hydrogens (tertiary/aromatic N) is 2. The van der Waals surface area contributed by atoms with E-state index in [4.69, 9.17) is 5.73 Å². The second kappa shape index (κ2) is 2.61. The van der Waals surface area contributed by atoms with Gasteiger partial charge in [-0.25, -0.2) is 4.98 Å². The SMILES string of the molecule is CNC(=O)c1nc(N)cn1C. The Balaban J connectivity index is 3.03. The largest absolute Gasteiger partial charge is 0.382 e. The summed E-state index contributed by atoms with van der Waals surface area (Å²) in [6.07, 6.45) is 1.59. The molecule has 0 bridgehead atoms. The number of nitrogen functional groups attached to an aromatic ring is 1. The number of nitrogens with two attached hydrogens (primary N) is 1. The quantitative estimate of drug-likeness (QED) is 0.565. The van der Waals surface area contributed by atoms with E-state index < -0.39 is 0 Å². The highest BCUT2D eigenvalue weighted by Crippen LogP contribution is 2.01. The lowest BCUT2D eigenvalue weighted by molar-refractivity contribution is 0.0950. The third-order valence-corrected chi connectivity index (χ3v) is 1.33. The molecule has 0 aliphatic carbocycles. The first-order chi connectivity index (χ1) is 5.15. The molecule has 5 nitrogen and oxygen atoms in total. The van der Waals surface area contributed by atoms with Gasteiger partial charge in [-0.1, -0.05) is 0 Å². The average Bonchev–Trinajstić information content (AvgIpc) is 2.28. The predicted molar refractivity (Wildman–Crippen MR) is 41.0 cm³/mol. The highest BCUT2D eigenvalue weighted by atomic mass is 16.2. The first kappa shape index (κ1) is 7.59. The summed E-state index contributed by atoms with van der Waals surface area (Å²) >= 11 is 0. The number of amides is 1. The Labute approximate surface area is 64.2 Å². The number of aryl methyl sites for hydroxylation is 1. The number of anilines is 1. The molecular formula is C6H10N4O. The topological polar surface area (TPSA) is 72.9 Å². The molecule has 0 saturated heterocycles. The summed E-state index contributed by atoms with van der Waals surface area (Å²) in [6.45, 7) is 0. The summed E-state index contributed by atoms with van der Waals surface area (Å²) in [5.41, 5.74) is 5.36. The molecule has 0 atom stereocenters. The molecule has 1 aromatic rings. The van der Waals surface area contributed by atoms with Gasteiger partial charge in [0.05, 0.1) is 0 Å². The minimum atomic E-state index is -0.232. The van der Waals surface area contributed by atoms with E-state index in [0.29, 0.717) is 11.6 Å². The maximum absolute atomic E-state index is 11.0. The first-order valence-corrected chi connectivity index (χ1v) is 3.16. The van der Waals surface area contributed by atoms with E-state index in [-0.39, 0.29) is 5.91 Å². The summed E-state index contributed by atoms with van der Waals surface area (Å²) in [5.74, 6) is 0.445. The van der Waals surface area contributed by atoms with Gasteiger partial charge in [0.1, 0.15) is 5.82 Å². The van der Waals surface area contributed by atoms with Crippen LogP contribution in [0.1, 0.15) is 10.6 Å². The average molecular weight is 154 g/mol. The van der Waals surface area contributed by atoms with Gasteiger partial charge >= 0.3 is 0 Å². The Morgan fingerprint density at radius 1 is 1.82 bits per heavy atom. The third kappa shape index (κ3) is 1.31. The van der Waals surface area contributed by atoms with Crippen LogP contribution >= 0.6 is 0 Å². The lowest BCUT2D eigenvalue weighted by Crippen LogP contribution is -2.21. The number of carbonyl (C=O) groups excluding carboxylic acids is 1. The van der Waals surface area contributed by atoms with Gasteiger partial charge in [-0.05, 0) is 0 Å². The molecule has 1 amide bonds. The van der Waals surface area contributed by atoms with Crippen molar-refractivity contribution in [2.45, 2.75) is 0 Å². The minimum Gasteiger partial charge on any atom is -0.382 e. The van der Waals surface area contributed by atoms with Crippen LogP contribution in [0.2, 0.25) is 0 Å². The molecule has 5 heteroatoms. The van der Waals surface area contributed by atoms with Crippen molar-refractivity contribution < 1.29 is 4.79 Å². The van der Waals surface area contributed by atoms with Crippen molar-refractivity contribution >= 4 is 11.7 Å². The van der Waals surface area contributed by atoms with Crippen molar-refractivity contribution in [2.24, 2.45) is 7.05 Å². The molecule has 1 heterocycles. The standard InChI is InChI=1S/C6H10N4O/c1-8-6(11)5-9-4(7)3-10(5)2/h3H,7H2,1-2H3,(H,8,11). The Morgan fingerprint density at radius 3 is 2.82 bits per heavy atom. The molecule has 1 rings (SSSR count). The van der Waals surface area contributed by atoms with Crippen molar-refractivity contribution in [1.82, 2.24) is 14.9 Å².